The van der Waals surface area contributed by atoms with Crippen LogP contribution in [-0.2, 0) is 30.6 Å². The number of amides is 1. The van der Waals surface area contributed by atoms with Gasteiger partial charge >= 0.3 is 11.9 Å². The number of carboxylic acids is 2. The van der Waals surface area contributed by atoms with E-state index in [1.807, 2.05) is 91.0 Å². The van der Waals surface area contributed by atoms with Crippen LogP contribution in [-0.4, -0.2) is 34.7 Å². The van der Waals surface area contributed by atoms with Crippen molar-refractivity contribution in [1.82, 2.24) is 5.32 Å². The molecule has 46 heavy (non-hydrogen) atoms. The second kappa shape index (κ2) is 15.3. The van der Waals surface area contributed by atoms with Gasteiger partial charge in [0, 0.05) is 6.54 Å². The van der Waals surface area contributed by atoms with Crippen LogP contribution in [0.5, 0.6) is 0 Å². The van der Waals surface area contributed by atoms with Gasteiger partial charge in [-0.15, -0.1) is 0 Å². The fourth-order valence-electron chi connectivity index (χ4n) is 5.11. The summed E-state index contributed by atoms with van der Waals surface area (Å²) in [5.74, 6) is -2.65. The van der Waals surface area contributed by atoms with Gasteiger partial charge in [0.15, 0.2) is 0 Å². The number of hydrogen-bond donors (Lipinski definition) is 4. The zero-order chi connectivity index (χ0) is 32.3. The molecule has 1 amide bonds. The summed E-state index contributed by atoms with van der Waals surface area (Å²) in [7, 11) is 0. The molecule has 0 fully saturated rings. The first-order valence-electron chi connectivity index (χ1n) is 14.9. The predicted octanol–water partition coefficient (Wildman–Crippen LogP) is 6.78. The SMILES string of the molecule is O=C(O)c1cc(Cc2ccccc2)ccc1NOCCc1ccc(CNC(=O)c2ccc(Cc3ccccc3)cc2C(=O)O)cc1. The molecule has 0 radical (unpaired) electrons. The van der Waals surface area contributed by atoms with Crippen molar-refractivity contribution in [2.45, 2.75) is 25.8 Å². The van der Waals surface area contributed by atoms with Crippen LogP contribution in [0.15, 0.2) is 121 Å². The van der Waals surface area contributed by atoms with Gasteiger partial charge in [-0.05, 0) is 76.9 Å². The summed E-state index contributed by atoms with van der Waals surface area (Å²) in [5, 5.41) is 22.3. The topological polar surface area (TPSA) is 125 Å². The molecule has 5 aromatic rings. The highest BCUT2D eigenvalue weighted by Crippen LogP contribution is 2.21. The fraction of sp³-hybridized carbons (Fsp3) is 0.132. The molecule has 0 atom stereocenters. The Morgan fingerprint density at radius 3 is 1.65 bits per heavy atom. The third kappa shape index (κ3) is 8.68. The Hall–Kier alpha value is -5.73. The molecule has 0 aliphatic rings. The zero-order valence-electron chi connectivity index (χ0n) is 25.1. The number of benzene rings is 5. The van der Waals surface area contributed by atoms with E-state index in [0.29, 0.717) is 31.6 Å². The van der Waals surface area contributed by atoms with Crippen LogP contribution in [0.1, 0.15) is 64.5 Å². The maximum atomic E-state index is 12.9. The van der Waals surface area contributed by atoms with Crippen LogP contribution in [0, 0.1) is 0 Å². The first kappa shape index (κ1) is 31.7. The molecular formula is C38H34N2O6. The highest BCUT2D eigenvalue weighted by molar-refractivity contribution is 6.05. The van der Waals surface area contributed by atoms with Crippen LogP contribution in [0.2, 0.25) is 0 Å². The lowest BCUT2D eigenvalue weighted by Gasteiger charge is -2.12. The van der Waals surface area contributed by atoms with E-state index in [-0.39, 0.29) is 23.2 Å². The van der Waals surface area contributed by atoms with E-state index in [4.69, 9.17) is 4.84 Å². The van der Waals surface area contributed by atoms with E-state index in [0.717, 1.165) is 33.4 Å². The van der Waals surface area contributed by atoms with Gasteiger partial charge in [0.1, 0.15) is 0 Å². The van der Waals surface area contributed by atoms with E-state index >= 15 is 0 Å². The van der Waals surface area contributed by atoms with Crippen LogP contribution >= 0.6 is 0 Å². The molecule has 8 nitrogen and oxygen atoms in total. The first-order valence-corrected chi connectivity index (χ1v) is 14.9. The minimum Gasteiger partial charge on any atom is -0.478 e. The van der Waals surface area contributed by atoms with Gasteiger partial charge in [-0.1, -0.05) is 97.1 Å². The quantitative estimate of drug-likeness (QED) is 0.0803. The lowest BCUT2D eigenvalue weighted by molar-refractivity contribution is 0.0683. The summed E-state index contributed by atoms with van der Waals surface area (Å²) in [6.07, 6.45) is 1.78. The summed E-state index contributed by atoms with van der Waals surface area (Å²) in [5.41, 5.74) is 9.08. The van der Waals surface area contributed by atoms with E-state index < -0.39 is 17.8 Å². The minimum atomic E-state index is -1.15. The van der Waals surface area contributed by atoms with Gasteiger partial charge in [-0.25, -0.2) is 9.59 Å². The van der Waals surface area contributed by atoms with Crippen molar-refractivity contribution in [3.05, 3.63) is 171 Å². The Balaban J connectivity index is 1.10. The summed E-state index contributed by atoms with van der Waals surface area (Å²) in [4.78, 5) is 42.3. The van der Waals surface area contributed by atoms with Gasteiger partial charge < -0.3 is 15.5 Å². The van der Waals surface area contributed by atoms with Crippen molar-refractivity contribution in [2.75, 3.05) is 12.1 Å². The van der Waals surface area contributed by atoms with Crippen molar-refractivity contribution in [3.63, 3.8) is 0 Å². The molecule has 232 valence electrons. The molecule has 0 bridgehead atoms. The molecule has 8 heteroatoms. The molecule has 5 aromatic carbocycles. The summed E-state index contributed by atoms with van der Waals surface area (Å²) >= 11 is 0. The van der Waals surface area contributed by atoms with Gasteiger partial charge in [-0.2, -0.15) is 0 Å². The van der Waals surface area contributed by atoms with E-state index in [9.17, 15) is 24.6 Å². The average Bonchev–Trinajstić information content (AvgIpc) is 3.07. The van der Waals surface area contributed by atoms with Gasteiger partial charge in [0.25, 0.3) is 5.91 Å². The monoisotopic (exact) mass is 614 g/mol. The molecule has 0 aliphatic carbocycles. The van der Waals surface area contributed by atoms with Crippen molar-refractivity contribution in [1.29, 1.82) is 0 Å². The Morgan fingerprint density at radius 1 is 0.543 bits per heavy atom. The van der Waals surface area contributed by atoms with E-state index in [2.05, 4.69) is 10.8 Å². The number of rotatable bonds is 14. The fourth-order valence-corrected chi connectivity index (χ4v) is 5.11. The molecule has 5 rings (SSSR count). The Kier molecular flexibility index (Phi) is 10.6. The summed E-state index contributed by atoms with van der Waals surface area (Å²) in [6, 6.07) is 37.4. The Labute approximate surface area is 267 Å². The number of anilines is 1. The van der Waals surface area contributed by atoms with Gasteiger partial charge in [-0.3, -0.25) is 15.1 Å². The smallest absolute Gasteiger partial charge is 0.337 e. The molecule has 4 N–H and O–H groups in total. The molecule has 0 aromatic heterocycles. The number of carbonyl (C=O) groups is 3. The number of carbonyl (C=O) groups excluding carboxylic acids is 1. The minimum absolute atomic E-state index is 0.0338. The third-order valence-corrected chi connectivity index (χ3v) is 7.53. The van der Waals surface area contributed by atoms with Crippen molar-refractivity contribution in [3.8, 4) is 0 Å². The summed E-state index contributed by atoms with van der Waals surface area (Å²) < 4.78 is 0. The lowest BCUT2D eigenvalue weighted by atomic mass is 9.98. The molecule has 0 saturated heterocycles. The molecule has 0 aliphatic heterocycles. The summed E-state index contributed by atoms with van der Waals surface area (Å²) in [6.45, 7) is 0.541. The Morgan fingerprint density at radius 2 is 1.07 bits per heavy atom. The van der Waals surface area contributed by atoms with Gasteiger partial charge in [0.2, 0.25) is 0 Å². The van der Waals surface area contributed by atoms with Crippen molar-refractivity contribution >= 4 is 23.5 Å². The van der Waals surface area contributed by atoms with Crippen LogP contribution in [0.4, 0.5) is 5.69 Å². The highest BCUT2D eigenvalue weighted by Gasteiger charge is 2.17. The molecule has 0 heterocycles. The standard InChI is InChI=1S/C38H34N2O6/c41-36(32-17-15-30(23-33(32)37(42)43)21-27-7-3-1-4-8-27)39-25-29-13-11-26(12-14-29)19-20-46-40-35-18-16-31(24-34(35)38(44)45)22-28-9-5-2-6-10-28/h1-18,23-24,40H,19-22,25H2,(H,39,41)(H,42,43)(H,44,45). The lowest BCUT2D eigenvalue weighted by Crippen LogP contribution is -2.25. The maximum absolute atomic E-state index is 12.9. The molecular weight excluding hydrogens is 580 g/mol. The number of aromatic carboxylic acids is 2. The maximum Gasteiger partial charge on any atom is 0.337 e. The largest absolute Gasteiger partial charge is 0.478 e. The van der Waals surface area contributed by atoms with E-state index in [1.54, 1.807) is 30.3 Å². The average molecular weight is 615 g/mol. The first-order chi connectivity index (χ1) is 22.4. The third-order valence-electron chi connectivity index (χ3n) is 7.53. The van der Waals surface area contributed by atoms with Crippen LogP contribution in [0.3, 0.4) is 0 Å². The van der Waals surface area contributed by atoms with E-state index in [1.165, 1.54) is 0 Å². The second-order valence-electron chi connectivity index (χ2n) is 10.9. The Bertz CT molecular complexity index is 1810. The predicted molar refractivity (Wildman–Crippen MR) is 176 cm³/mol. The van der Waals surface area contributed by atoms with Crippen LogP contribution < -0.4 is 10.8 Å². The zero-order valence-corrected chi connectivity index (χ0v) is 25.1. The number of carboxylic acid groups (broad SMARTS) is 2. The molecule has 0 unspecified atom stereocenters. The highest BCUT2D eigenvalue weighted by atomic mass is 16.6. The number of hydrogen-bond acceptors (Lipinski definition) is 5. The molecule has 0 saturated carbocycles. The normalized spacial score (nSPS) is 10.7. The number of nitrogens with one attached hydrogen (secondary N) is 2. The van der Waals surface area contributed by atoms with Crippen molar-refractivity contribution < 1.29 is 29.4 Å². The second-order valence-corrected chi connectivity index (χ2v) is 10.9. The van der Waals surface area contributed by atoms with Gasteiger partial charge in [0.05, 0.1) is 29.0 Å². The molecule has 0 spiro atoms. The van der Waals surface area contributed by atoms with Crippen LogP contribution in [0.25, 0.3) is 0 Å². The van der Waals surface area contributed by atoms with Crippen molar-refractivity contribution in [2.24, 2.45) is 0 Å².